The van der Waals surface area contributed by atoms with E-state index >= 15 is 0 Å². The average Bonchev–Trinajstić information content (AvgIpc) is 2.71. The molecule has 3 N–H and O–H groups in total. The summed E-state index contributed by atoms with van der Waals surface area (Å²) in [5.74, 6) is -1.24. The van der Waals surface area contributed by atoms with E-state index in [4.69, 9.17) is 23.2 Å². The first kappa shape index (κ1) is 21.1. The number of fused-ring (bicyclic) bond motifs is 1. The van der Waals surface area contributed by atoms with Crippen LogP contribution in [0, 0.1) is 0 Å². The van der Waals surface area contributed by atoms with Crippen molar-refractivity contribution >= 4 is 40.9 Å². The summed E-state index contributed by atoms with van der Waals surface area (Å²) in [5.41, 5.74) is 2.60. The Bertz CT molecular complexity index is 933. The fourth-order valence-corrected chi connectivity index (χ4v) is 3.81. The molecule has 3 amide bonds. The third-order valence-corrected chi connectivity index (χ3v) is 5.28. The molecule has 0 radical (unpaired) electrons. The Morgan fingerprint density at radius 3 is 2.52 bits per heavy atom. The Balaban J connectivity index is 1.44. The zero-order valence-electron chi connectivity index (χ0n) is 15.6. The van der Waals surface area contributed by atoms with Crippen LogP contribution in [0.25, 0.3) is 0 Å². The van der Waals surface area contributed by atoms with Crippen LogP contribution in [-0.4, -0.2) is 30.8 Å². The van der Waals surface area contributed by atoms with Crippen molar-refractivity contribution in [2.24, 2.45) is 0 Å². The largest absolute Gasteiger partial charge is 0.348 e. The van der Waals surface area contributed by atoms with E-state index in [0.717, 1.165) is 24.8 Å². The number of carbonyl (C=O) groups excluding carboxylic acids is 3. The van der Waals surface area contributed by atoms with E-state index in [1.54, 1.807) is 0 Å². The van der Waals surface area contributed by atoms with E-state index in [1.807, 2.05) is 18.2 Å². The topological polar surface area (TPSA) is 87.3 Å². The molecule has 1 aliphatic rings. The van der Waals surface area contributed by atoms with E-state index in [2.05, 4.69) is 22.0 Å². The molecule has 0 saturated carbocycles. The maximum Gasteiger partial charge on any atom is 0.253 e. The van der Waals surface area contributed by atoms with Crippen molar-refractivity contribution in [3.63, 3.8) is 0 Å². The Morgan fingerprint density at radius 2 is 1.72 bits per heavy atom. The normalized spacial score (nSPS) is 15.2. The highest BCUT2D eigenvalue weighted by Crippen LogP contribution is 2.29. The fraction of sp³-hybridized carbons (Fsp3) is 0.286. The Morgan fingerprint density at radius 1 is 0.966 bits per heavy atom. The Hall–Kier alpha value is -2.57. The number of rotatable bonds is 6. The summed E-state index contributed by atoms with van der Waals surface area (Å²) in [7, 11) is 0. The molecular formula is C21H21Cl2N3O3. The minimum absolute atomic E-state index is 0.0453. The van der Waals surface area contributed by atoms with Crippen molar-refractivity contribution in [2.75, 3.05) is 13.1 Å². The summed E-state index contributed by atoms with van der Waals surface area (Å²) < 4.78 is 0. The average molecular weight is 434 g/mol. The van der Waals surface area contributed by atoms with Gasteiger partial charge in [0, 0.05) is 5.02 Å². The van der Waals surface area contributed by atoms with E-state index in [0.29, 0.717) is 5.02 Å². The minimum Gasteiger partial charge on any atom is -0.348 e. The summed E-state index contributed by atoms with van der Waals surface area (Å²) in [5, 5.41) is 8.55. The van der Waals surface area contributed by atoms with Gasteiger partial charge < -0.3 is 16.0 Å². The van der Waals surface area contributed by atoms with Gasteiger partial charge in [0.05, 0.1) is 29.7 Å². The van der Waals surface area contributed by atoms with Gasteiger partial charge in [0.15, 0.2) is 0 Å². The quantitative estimate of drug-likeness (QED) is 0.653. The highest BCUT2D eigenvalue weighted by atomic mass is 35.5. The van der Waals surface area contributed by atoms with E-state index < -0.39 is 11.8 Å². The third kappa shape index (κ3) is 5.71. The fourth-order valence-electron chi connectivity index (χ4n) is 3.32. The maximum atomic E-state index is 12.2. The van der Waals surface area contributed by atoms with Gasteiger partial charge in [-0.25, -0.2) is 0 Å². The van der Waals surface area contributed by atoms with Gasteiger partial charge in [0.1, 0.15) is 0 Å². The second-order valence-electron chi connectivity index (χ2n) is 6.79. The smallest absolute Gasteiger partial charge is 0.253 e. The van der Waals surface area contributed by atoms with Crippen molar-refractivity contribution in [1.29, 1.82) is 0 Å². The van der Waals surface area contributed by atoms with Crippen LogP contribution in [0.5, 0.6) is 0 Å². The van der Waals surface area contributed by atoms with Crippen LogP contribution in [0.2, 0.25) is 10.0 Å². The summed E-state index contributed by atoms with van der Waals surface area (Å²) >= 11 is 11.8. The molecule has 8 heteroatoms. The van der Waals surface area contributed by atoms with Crippen LogP contribution in [0.4, 0.5) is 0 Å². The molecule has 1 aliphatic carbocycles. The van der Waals surface area contributed by atoms with Gasteiger partial charge in [-0.05, 0) is 48.6 Å². The molecule has 3 rings (SSSR count). The van der Waals surface area contributed by atoms with Crippen LogP contribution in [0.15, 0.2) is 42.5 Å². The molecule has 0 unspecified atom stereocenters. The number of amides is 3. The molecule has 1 atom stereocenters. The van der Waals surface area contributed by atoms with E-state index in [1.165, 1.54) is 23.8 Å². The summed E-state index contributed by atoms with van der Waals surface area (Å²) in [6.45, 7) is -0.424. The number of benzene rings is 2. The lowest BCUT2D eigenvalue weighted by Gasteiger charge is -2.26. The molecule has 0 fully saturated rings. The third-order valence-electron chi connectivity index (χ3n) is 4.74. The van der Waals surface area contributed by atoms with Crippen molar-refractivity contribution in [2.45, 2.75) is 25.3 Å². The standard InChI is InChI=1S/C21H21Cl2N3O3/c22-14-8-9-16(17(23)10-14)21(29)25-11-19(27)24-12-20(28)26-18-7-3-5-13-4-1-2-6-15(13)18/h1-2,4,6,8-10,18H,3,5,7,11-12H2,(H,24,27)(H,25,29)(H,26,28)/t18-/m0/s1. The first-order valence-corrected chi connectivity index (χ1v) is 10.1. The van der Waals surface area contributed by atoms with Gasteiger partial charge in [0.25, 0.3) is 5.91 Å². The van der Waals surface area contributed by atoms with Crippen LogP contribution >= 0.6 is 23.2 Å². The molecule has 2 aromatic rings. The van der Waals surface area contributed by atoms with E-state index in [9.17, 15) is 14.4 Å². The van der Waals surface area contributed by atoms with Crippen molar-refractivity contribution in [1.82, 2.24) is 16.0 Å². The van der Waals surface area contributed by atoms with Gasteiger partial charge in [-0.15, -0.1) is 0 Å². The molecule has 0 bridgehead atoms. The summed E-state index contributed by atoms with van der Waals surface area (Å²) in [6, 6.07) is 12.5. The number of carbonyl (C=O) groups is 3. The molecular weight excluding hydrogens is 413 g/mol. The molecule has 29 heavy (non-hydrogen) atoms. The lowest BCUT2D eigenvalue weighted by Crippen LogP contribution is -2.43. The first-order valence-electron chi connectivity index (χ1n) is 9.31. The summed E-state index contributed by atoms with van der Waals surface area (Å²) in [6.07, 6.45) is 2.89. The number of hydrogen-bond donors (Lipinski definition) is 3. The van der Waals surface area contributed by atoms with Crippen LogP contribution in [-0.2, 0) is 16.0 Å². The molecule has 2 aromatic carbocycles. The van der Waals surface area contributed by atoms with Gasteiger partial charge in [0.2, 0.25) is 11.8 Å². The Labute approximate surface area is 179 Å². The van der Waals surface area contributed by atoms with Gasteiger partial charge >= 0.3 is 0 Å². The van der Waals surface area contributed by atoms with Crippen LogP contribution in [0.3, 0.4) is 0 Å². The van der Waals surface area contributed by atoms with E-state index in [-0.39, 0.29) is 35.6 Å². The second kappa shape index (κ2) is 9.76. The zero-order valence-corrected chi connectivity index (χ0v) is 17.1. The minimum atomic E-state index is -0.495. The van der Waals surface area contributed by atoms with Crippen LogP contribution in [0.1, 0.15) is 40.4 Å². The molecule has 0 saturated heterocycles. The predicted octanol–water partition coefficient (Wildman–Crippen LogP) is 3.03. The van der Waals surface area contributed by atoms with Crippen molar-refractivity contribution < 1.29 is 14.4 Å². The number of aryl methyl sites for hydroxylation is 1. The van der Waals surface area contributed by atoms with Gasteiger partial charge in [-0.1, -0.05) is 47.5 Å². The predicted molar refractivity (Wildman–Crippen MR) is 112 cm³/mol. The highest BCUT2D eigenvalue weighted by Gasteiger charge is 2.21. The van der Waals surface area contributed by atoms with Gasteiger partial charge in [-0.2, -0.15) is 0 Å². The lowest BCUT2D eigenvalue weighted by molar-refractivity contribution is -0.126. The number of nitrogens with one attached hydrogen (secondary N) is 3. The molecule has 0 aliphatic heterocycles. The van der Waals surface area contributed by atoms with Crippen molar-refractivity contribution in [3.05, 3.63) is 69.2 Å². The first-order chi connectivity index (χ1) is 13.9. The monoisotopic (exact) mass is 433 g/mol. The molecule has 152 valence electrons. The van der Waals surface area contributed by atoms with Crippen molar-refractivity contribution in [3.8, 4) is 0 Å². The second-order valence-corrected chi connectivity index (χ2v) is 7.64. The molecule has 0 aromatic heterocycles. The lowest BCUT2D eigenvalue weighted by atomic mass is 9.88. The molecule has 6 nitrogen and oxygen atoms in total. The number of halogens is 2. The maximum absolute atomic E-state index is 12.2. The van der Waals surface area contributed by atoms with Gasteiger partial charge in [-0.3, -0.25) is 14.4 Å². The Kier molecular flexibility index (Phi) is 7.12. The SMILES string of the molecule is O=C(CNC(=O)c1ccc(Cl)cc1Cl)NCC(=O)N[C@H]1CCCc2ccccc21. The highest BCUT2D eigenvalue weighted by molar-refractivity contribution is 6.36. The summed E-state index contributed by atoms with van der Waals surface area (Å²) in [4.78, 5) is 36.3. The molecule has 0 heterocycles. The molecule has 0 spiro atoms. The van der Waals surface area contributed by atoms with Crippen LogP contribution < -0.4 is 16.0 Å². The zero-order chi connectivity index (χ0) is 20.8. The number of hydrogen-bond acceptors (Lipinski definition) is 3.